The first-order valence-corrected chi connectivity index (χ1v) is 54.5. The second kappa shape index (κ2) is 38.3. The summed E-state index contributed by atoms with van der Waals surface area (Å²) in [5.41, 5.74) is 4.84. The molecule has 6 fully saturated rings. The van der Waals surface area contributed by atoms with Gasteiger partial charge in [0.05, 0.1) is 12.1 Å². The average molecular weight is 1610 g/mol. The van der Waals surface area contributed by atoms with Crippen molar-refractivity contribution in [1.29, 1.82) is 0 Å². The number of likely N-dealkylation sites (N-methyl/N-ethyl adjacent to an activating group) is 1. The van der Waals surface area contributed by atoms with Crippen molar-refractivity contribution in [2.24, 2.45) is 0 Å². The fraction of sp³-hybridized carbons (Fsp3) is 0.565. The first-order chi connectivity index (χ1) is 38.0. The highest BCUT2D eigenvalue weighted by Crippen LogP contribution is 2.34. The molecule has 34 heteroatoms. The number of terminal acetylenes is 1. The second-order valence-corrected chi connectivity index (χ2v) is 58.0. The van der Waals surface area contributed by atoms with Gasteiger partial charge in [0.15, 0.2) is 0 Å². The van der Waals surface area contributed by atoms with Gasteiger partial charge in [-0.1, -0.05) is 31.5 Å². The molecule has 0 spiro atoms. The van der Waals surface area contributed by atoms with E-state index >= 15 is 0 Å². The van der Waals surface area contributed by atoms with Gasteiger partial charge in [0, 0.05) is 279 Å². The molecule has 442 valence electrons. The lowest BCUT2D eigenvalue weighted by atomic mass is 10.2. The zero-order chi connectivity index (χ0) is 56.6. The molecular weight excluding hydrogens is 1540 g/mol. The fourth-order valence-corrected chi connectivity index (χ4v) is 54.0. The number of amides is 1. The van der Waals surface area contributed by atoms with Crippen LogP contribution in [0.4, 0.5) is 22.2 Å². The summed E-state index contributed by atoms with van der Waals surface area (Å²) >= 11 is 11.8. The minimum Gasteiger partial charge on any atom is -0.444 e. The van der Waals surface area contributed by atoms with Gasteiger partial charge in [0.25, 0.3) is 0 Å². The Balaban J connectivity index is 0.000000196. The van der Waals surface area contributed by atoms with Crippen LogP contribution in [0.15, 0.2) is 55.0 Å². The van der Waals surface area contributed by atoms with Gasteiger partial charge in [-0.25, -0.2) is 19.7 Å². The van der Waals surface area contributed by atoms with Crippen LogP contribution in [0.2, 0.25) is 19.6 Å². The molecule has 9 rings (SSSR count). The molecule has 6 aliphatic rings. The number of nitrogens with zero attached hydrogens (tertiary/aromatic N) is 8. The molecule has 80 heavy (non-hydrogen) atoms. The van der Waals surface area contributed by atoms with E-state index in [9.17, 15) is 4.79 Å². The highest BCUT2D eigenvalue weighted by Gasteiger charge is 2.44. The molecule has 3 aromatic rings. The molecule has 6 bridgehead atoms. The van der Waals surface area contributed by atoms with Gasteiger partial charge in [-0.3, -0.25) is 9.80 Å². The van der Waals surface area contributed by atoms with Crippen LogP contribution in [0.3, 0.4) is 0 Å². The number of carbonyl (C=O) groups excluding carboxylic acids is 1. The lowest BCUT2D eigenvalue weighted by Gasteiger charge is -2.41. The van der Waals surface area contributed by atoms with E-state index < -0.39 is 13.7 Å². The maximum absolute atomic E-state index is 12.4. The third kappa shape index (κ3) is 25.9. The molecule has 0 radical (unpaired) electrons. The predicted molar refractivity (Wildman–Crippen MR) is 404 cm³/mol. The van der Waals surface area contributed by atoms with E-state index in [1.807, 2.05) is 50.2 Å². The molecule has 1 amide bonds. The quantitative estimate of drug-likeness (QED) is 0.163. The summed E-state index contributed by atoms with van der Waals surface area (Å²) in [4.78, 5) is 37.6. The van der Waals surface area contributed by atoms with Crippen molar-refractivity contribution in [2.75, 3.05) is 61.0 Å². The minimum absolute atomic E-state index is 0. The van der Waals surface area contributed by atoms with Crippen LogP contribution in [0, 0.1) is 27.4 Å². The van der Waals surface area contributed by atoms with Crippen molar-refractivity contribution in [3.05, 3.63) is 69.7 Å². The number of ether oxygens (including phenoxy) is 1. The highest BCUT2D eigenvalue weighted by atomic mass is 127. The molecule has 0 aliphatic carbocycles. The summed E-state index contributed by atoms with van der Waals surface area (Å²) in [6.07, 6.45) is 18.1. The number of hydrogen-bond acceptors (Lipinski definition) is 12. The summed E-state index contributed by atoms with van der Waals surface area (Å²) in [5.74, 6) is 9.03. The second-order valence-electron chi connectivity index (χ2n) is 20.2. The van der Waals surface area contributed by atoms with E-state index in [0.29, 0.717) is 24.2 Å². The highest BCUT2D eigenvalue weighted by molar-refractivity contribution is 14.1. The van der Waals surface area contributed by atoms with Crippen LogP contribution in [0.25, 0.3) is 0 Å². The Bertz CT molecular complexity index is 3440. The van der Waals surface area contributed by atoms with Gasteiger partial charge >= 0.3 is 6.09 Å². The molecule has 0 aromatic carbocycles. The molecule has 6 saturated heterocycles. The molecule has 1 N–H and O–H groups in total. The van der Waals surface area contributed by atoms with Crippen molar-refractivity contribution in [3.8, 4) is 23.8 Å². The Morgan fingerprint density at radius 1 is 0.613 bits per heavy atom. The Hall–Kier alpha value is 0.797. The molecule has 9 heterocycles. The molecule has 6 atom stereocenters. The number of nitrogens with one attached hydrogen (secondary N) is 1. The van der Waals surface area contributed by atoms with Gasteiger partial charge < -0.3 is 24.8 Å². The van der Waals surface area contributed by atoms with E-state index in [1.54, 1.807) is 148 Å². The molecule has 3 aromatic heterocycles. The number of halogens is 2. The number of hydrogen-bond donors (Lipinski definition) is 1. The van der Waals surface area contributed by atoms with Gasteiger partial charge in [0.2, 0.25) is 0 Å². The number of pyridine rings is 3. The predicted octanol–water partition coefficient (Wildman–Crippen LogP) is 7.24. The zero-order valence-electron chi connectivity index (χ0n) is 44.6. The zero-order valence-corrected chi connectivity index (χ0v) is 64.9. The summed E-state index contributed by atoms with van der Waals surface area (Å²) in [7, 11) is 31.8. The average Bonchev–Trinajstić information content (AvgIpc) is 4.11. The number of carbonyl (C=O) groups is 1. The van der Waals surface area contributed by atoms with Crippen molar-refractivity contribution < 1.29 is 9.53 Å². The van der Waals surface area contributed by atoms with Crippen LogP contribution < -0.4 is 20.0 Å². The van der Waals surface area contributed by atoms with E-state index in [4.69, 9.17) is 33.5 Å². The lowest BCUT2D eigenvalue weighted by Crippen LogP contribution is -2.57. The van der Waals surface area contributed by atoms with Gasteiger partial charge in [-0.05, 0) is 125 Å². The van der Waals surface area contributed by atoms with Crippen molar-refractivity contribution in [1.82, 2.24) is 30.1 Å². The van der Waals surface area contributed by atoms with Crippen LogP contribution in [0.5, 0.6) is 0 Å². The van der Waals surface area contributed by atoms with Gasteiger partial charge in [-0.15, -0.1) is 24.4 Å². The third-order valence-corrected chi connectivity index (χ3v) is 51.8. The van der Waals surface area contributed by atoms with E-state index in [0.717, 1.165) is 84.3 Å². The largest absolute Gasteiger partial charge is 0.444 e. The van der Waals surface area contributed by atoms with Gasteiger partial charge in [-0.2, -0.15) is 0 Å². The van der Waals surface area contributed by atoms with E-state index in [2.05, 4.69) is 131 Å². The van der Waals surface area contributed by atoms with Crippen LogP contribution in [-0.2, 0) is 187 Å². The van der Waals surface area contributed by atoms with Crippen molar-refractivity contribution in [3.63, 3.8) is 0 Å². The van der Waals surface area contributed by atoms with E-state index in [-0.39, 0.29) is 30.6 Å². The maximum atomic E-state index is 12.4. The number of piperazine rings is 3. The normalized spacial score (nSPS) is 20.9. The maximum Gasteiger partial charge on any atom is 0.410 e. The number of anilines is 3. The molecule has 11 nitrogen and oxygen atoms in total. The number of aromatic nitrogens is 3. The van der Waals surface area contributed by atoms with Crippen molar-refractivity contribution in [2.45, 2.75) is 121 Å². The Morgan fingerprint density at radius 3 is 1.38 bits per heavy atom. The Kier molecular flexibility index (Phi) is 34.2. The monoisotopic (exact) mass is 1600 g/mol. The summed E-state index contributed by atoms with van der Waals surface area (Å²) in [6, 6.07) is 15.6. The third-order valence-electron chi connectivity index (χ3n) is 12.6. The molecule has 6 unspecified atom stereocenters. The lowest BCUT2D eigenvalue weighted by molar-refractivity contribution is 0.0122. The topological polar surface area (TPSA) is 93.2 Å². The van der Waals surface area contributed by atoms with Crippen LogP contribution >= 0.6 is 35.0 Å². The minimum atomic E-state index is -1.30. The van der Waals surface area contributed by atoms with Crippen molar-refractivity contribution >= 4 is 249 Å². The van der Waals surface area contributed by atoms with Gasteiger partial charge in [0.1, 0.15) is 31.1 Å². The van der Waals surface area contributed by atoms with E-state index in [1.165, 1.54) is 43.4 Å². The SMILES string of the molecule is C#Cc1ccc(N2CC3CCC(C2)N3C)nc1.CC(C)(C)OC(=O)N1C2CCC1CN(c1ccc(I)cn1)C2.C[Si](C)(C)C#Cc1ccc(N2CC3CCC(C2)N3)nc1.Cl.S=S=S=S=S=S=S=S=S=S=S=S=S=S=S=S=S=S=S=S. The van der Waals surface area contributed by atoms with Crippen LogP contribution in [-0.4, -0.2) is 127 Å². The summed E-state index contributed by atoms with van der Waals surface area (Å²) in [5, 5.41) is 3.65. The number of rotatable bonds is 3. The standard InChI is InChI=1S/C16H22IN3O2.C16H23N3Si.C14H17N3.ClH.S20/c1-16(2,3)22-15(21)20-12-5-6-13(20)10-19(9-12)14-7-4-11(17)8-18-14;1-20(2,3)9-8-13-4-7-16(17-10-13)19-11-14-5-6-15(12-19)18-14;1-3-11-4-7-14(15-8-11)17-9-12-5-6-13(10-17)16(12)2;;1-3-5-7-9-11-13-15-17-19-20-18-16-14-12-10-8-6-4-2/h4,7-8,12-13H,5-6,9-10H2,1-3H3;4,7,10,14-15,18H,5-6,11-12H2,1-3H3;1,4,7-8,12-13H,5-6,9-10H2,2H3;1H;. The Labute approximate surface area is 555 Å². The number of fused-ring (bicyclic) bond motifs is 6. The molecule has 6 aliphatic heterocycles. The first kappa shape index (κ1) is 71.5. The fourth-order valence-electron chi connectivity index (χ4n) is 9.29. The Morgan fingerprint density at radius 2 is 1.00 bits per heavy atom. The summed E-state index contributed by atoms with van der Waals surface area (Å²) < 4.78 is 6.70. The summed E-state index contributed by atoms with van der Waals surface area (Å²) in [6.45, 7) is 18.6. The van der Waals surface area contributed by atoms with Crippen LogP contribution in [0.1, 0.15) is 70.4 Å². The molecule has 0 saturated carbocycles. The first-order valence-electron chi connectivity index (χ1n) is 24.5. The smallest absolute Gasteiger partial charge is 0.410 e. The molecular formula is C46H63ClIN9O2S20Si.